The van der Waals surface area contributed by atoms with Gasteiger partial charge in [0.25, 0.3) is 0 Å². The molecule has 1 N–H and O–H groups in total. The number of hydrogen-bond acceptors (Lipinski definition) is 1. The Morgan fingerprint density at radius 1 is 2.00 bits per heavy atom. The van der Waals surface area contributed by atoms with Gasteiger partial charge in [-0.2, -0.15) is 0 Å². The van der Waals surface area contributed by atoms with Gasteiger partial charge in [0.05, 0.1) is 15.1 Å². The maximum atomic E-state index is 10.9. The van der Waals surface area contributed by atoms with Gasteiger partial charge in [-0.05, 0) is 0 Å². The van der Waals surface area contributed by atoms with Crippen LogP contribution in [0.5, 0.6) is 0 Å². The van der Waals surface area contributed by atoms with Crippen molar-refractivity contribution in [2.75, 3.05) is 6.16 Å². The average Bonchev–Trinajstić information content (AvgIpc) is 1.35. The van der Waals surface area contributed by atoms with Gasteiger partial charge in [0.1, 0.15) is 0 Å². The Labute approximate surface area is 36.3 Å². The van der Waals surface area contributed by atoms with Crippen LogP contribution in [0.15, 0.2) is 0 Å². The molecule has 1 unspecified atom stereocenters. The fourth-order valence-corrected chi connectivity index (χ4v) is 0.171. The Bertz CT molecular complexity index is 55.5. The molecule has 0 aliphatic heterocycles. The summed E-state index contributed by atoms with van der Waals surface area (Å²) in [4.78, 5) is 9.37. The van der Waals surface area contributed by atoms with Crippen molar-refractivity contribution >= 4 is 14.9 Å². The van der Waals surface area contributed by atoms with E-state index in [4.69, 9.17) is 5.11 Å². The van der Waals surface area contributed by atoms with Gasteiger partial charge in [0.2, 0.25) is 0 Å². The van der Waals surface area contributed by atoms with Crippen molar-refractivity contribution in [1.82, 2.24) is 0 Å². The van der Waals surface area contributed by atoms with Crippen LogP contribution in [0, 0.1) is 0 Å². The lowest BCUT2D eigenvalue weighted by Crippen LogP contribution is -1.93. The molecule has 0 heterocycles. The maximum Gasteiger partial charge on any atom is 0.310 e. The maximum absolute atomic E-state index is 10.9. The number of halogens is 1. The van der Waals surface area contributed by atoms with Crippen LogP contribution in [-0.2, 0) is 4.79 Å². The van der Waals surface area contributed by atoms with Gasteiger partial charge in [-0.3, -0.25) is 4.79 Å². The number of carboxylic acids is 1. The number of aliphatic carboxylic acids is 1. The molecule has 36 valence electrons. The first kappa shape index (κ1) is 5.83. The van der Waals surface area contributed by atoms with Gasteiger partial charge in [0.15, 0.2) is 0 Å². The van der Waals surface area contributed by atoms with Crippen molar-refractivity contribution in [3.63, 3.8) is 0 Å². The molecule has 0 aromatic carbocycles. The van der Waals surface area contributed by atoms with E-state index in [1.54, 1.807) is 0 Å². The van der Waals surface area contributed by atoms with E-state index in [0.29, 0.717) is 0 Å². The lowest BCUT2D eigenvalue weighted by Gasteiger charge is -1.77. The lowest BCUT2D eigenvalue weighted by molar-refractivity contribution is -0.134. The molecule has 0 saturated carbocycles. The minimum Gasteiger partial charge on any atom is -0.481 e. The van der Waals surface area contributed by atoms with Crippen LogP contribution >= 0.6 is 8.89 Å². The van der Waals surface area contributed by atoms with Crippen LogP contribution in [0.3, 0.4) is 0 Å². The normalized spacial score (nSPS) is 10.2. The van der Waals surface area contributed by atoms with Crippen LogP contribution in [0.25, 0.3) is 0 Å². The number of hydrogen-bond donors (Lipinski definition) is 1. The zero-order chi connectivity index (χ0) is 4.99. The van der Waals surface area contributed by atoms with Gasteiger partial charge in [-0.15, -0.1) is 0 Å². The average molecular weight is 110 g/mol. The van der Waals surface area contributed by atoms with Crippen molar-refractivity contribution in [2.45, 2.75) is 0 Å². The van der Waals surface area contributed by atoms with Gasteiger partial charge in [-0.1, -0.05) is 0 Å². The Morgan fingerprint density at radius 3 is 2.50 bits per heavy atom. The largest absolute Gasteiger partial charge is 0.481 e. The van der Waals surface area contributed by atoms with Crippen molar-refractivity contribution < 1.29 is 14.1 Å². The third-order valence-electron chi connectivity index (χ3n) is 0.218. The van der Waals surface area contributed by atoms with Gasteiger partial charge < -0.3 is 5.11 Å². The van der Waals surface area contributed by atoms with Crippen molar-refractivity contribution in [2.24, 2.45) is 0 Å². The summed E-state index contributed by atoms with van der Waals surface area (Å²) in [6.45, 7) is 0. The van der Waals surface area contributed by atoms with E-state index in [-0.39, 0.29) is 6.16 Å². The fraction of sp³-hybridized carbons (Fsp3) is 0.500. The summed E-state index contributed by atoms with van der Waals surface area (Å²) in [6.07, 6.45) is -0.347. The standard InChI is InChI=1S/C2H4FO2P/c3-6-1-2(4)5/h6H,1H2,(H,4,5). The number of carbonyl (C=O) groups is 1. The smallest absolute Gasteiger partial charge is 0.310 e. The summed E-state index contributed by atoms with van der Waals surface area (Å²) in [5.74, 6) is -1.07. The highest BCUT2D eigenvalue weighted by atomic mass is 31.1. The summed E-state index contributed by atoms with van der Waals surface area (Å²) in [5, 5.41) is 7.68. The zero-order valence-electron chi connectivity index (χ0n) is 2.94. The van der Waals surface area contributed by atoms with E-state index in [9.17, 15) is 8.99 Å². The quantitative estimate of drug-likeness (QED) is 0.529. The van der Waals surface area contributed by atoms with Crippen LogP contribution in [0.1, 0.15) is 0 Å². The molecule has 0 aliphatic rings. The molecule has 0 aromatic rings. The Kier molecular flexibility index (Phi) is 2.95. The molecule has 0 bridgehead atoms. The van der Waals surface area contributed by atoms with Crippen molar-refractivity contribution in [3.8, 4) is 0 Å². The Balaban J connectivity index is 2.83. The van der Waals surface area contributed by atoms with E-state index in [0.717, 1.165) is 0 Å². The second kappa shape index (κ2) is 3.04. The number of rotatable bonds is 2. The molecule has 0 saturated heterocycles. The molecule has 0 rings (SSSR count). The summed E-state index contributed by atoms with van der Waals surface area (Å²) >= 11 is 0. The van der Waals surface area contributed by atoms with Crippen molar-refractivity contribution in [1.29, 1.82) is 0 Å². The molecule has 2 nitrogen and oxygen atoms in total. The molecule has 0 amide bonds. The SMILES string of the molecule is O=C(O)CPF. The predicted molar refractivity (Wildman–Crippen MR) is 21.9 cm³/mol. The van der Waals surface area contributed by atoms with Crippen LogP contribution < -0.4 is 0 Å². The highest BCUT2D eigenvalue weighted by Gasteiger charge is 1.90. The molecule has 0 spiro atoms. The molecule has 0 aliphatic carbocycles. The molecule has 0 radical (unpaired) electrons. The minimum absolute atomic E-state index is 0.347. The lowest BCUT2D eigenvalue weighted by atomic mass is 10.8. The first-order valence-corrected chi connectivity index (χ1v) is 2.41. The molecule has 0 aromatic heterocycles. The van der Waals surface area contributed by atoms with Gasteiger partial charge in [-0.25, -0.2) is 4.20 Å². The summed E-state index contributed by atoms with van der Waals surface area (Å²) in [7, 11) is -0.961. The van der Waals surface area contributed by atoms with Crippen molar-refractivity contribution in [3.05, 3.63) is 0 Å². The topological polar surface area (TPSA) is 37.3 Å². The van der Waals surface area contributed by atoms with E-state index >= 15 is 0 Å². The highest BCUT2D eigenvalue weighted by Crippen LogP contribution is 2.07. The summed E-state index contributed by atoms with van der Waals surface area (Å²) in [5.41, 5.74) is 0. The van der Waals surface area contributed by atoms with Gasteiger partial charge in [0, 0.05) is 0 Å². The monoisotopic (exact) mass is 110 g/mol. The third-order valence-corrected chi connectivity index (χ3v) is 0.654. The number of carboxylic acid groups (broad SMARTS) is 1. The predicted octanol–water partition coefficient (Wildman–Crippen LogP) is 0.634. The Hall–Kier alpha value is -0.170. The third kappa shape index (κ3) is 3.83. The zero-order valence-corrected chi connectivity index (χ0v) is 3.94. The molecule has 6 heavy (non-hydrogen) atoms. The van der Waals surface area contributed by atoms with Gasteiger partial charge >= 0.3 is 5.97 Å². The van der Waals surface area contributed by atoms with E-state index in [1.165, 1.54) is 0 Å². The molecule has 0 fully saturated rings. The molecule has 1 atom stereocenters. The summed E-state index contributed by atoms with van der Waals surface area (Å²) in [6, 6.07) is 0. The van der Waals surface area contributed by atoms with E-state index in [2.05, 4.69) is 0 Å². The molecule has 4 heteroatoms. The fourth-order valence-electron chi connectivity index (χ4n) is 0.0572. The van der Waals surface area contributed by atoms with Crippen LogP contribution in [0.4, 0.5) is 4.20 Å². The first-order chi connectivity index (χ1) is 2.77. The second-order valence-electron chi connectivity index (χ2n) is 0.704. The first-order valence-electron chi connectivity index (χ1n) is 1.32. The second-order valence-corrected chi connectivity index (χ2v) is 1.32. The minimum atomic E-state index is -1.07. The van der Waals surface area contributed by atoms with E-state index in [1.807, 2.05) is 0 Å². The molecular formula is C2H4FO2P. The van der Waals surface area contributed by atoms with Crippen LogP contribution in [0.2, 0.25) is 0 Å². The summed E-state index contributed by atoms with van der Waals surface area (Å²) < 4.78 is 10.9. The van der Waals surface area contributed by atoms with E-state index < -0.39 is 14.9 Å². The van der Waals surface area contributed by atoms with Crippen LogP contribution in [-0.4, -0.2) is 17.2 Å². The highest BCUT2D eigenvalue weighted by molar-refractivity contribution is 7.33. The molecular weight excluding hydrogens is 106 g/mol. The Morgan fingerprint density at radius 2 is 2.50 bits per heavy atom.